The van der Waals surface area contributed by atoms with E-state index >= 15 is 0 Å². The molecule has 32 atom stereocenters. The third-order valence-corrected chi connectivity index (χ3v) is 34.8. The first-order chi connectivity index (χ1) is 68.7. The number of amides is 2. The number of likely N-dealkylation sites (tertiary alicyclic amines) is 2. The number of β-amino-alcohol motifs (C(OH)–C–C–N with tert-alkyl or cyclic N) is 1. The van der Waals surface area contributed by atoms with E-state index in [1.165, 1.54) is 27.9 Å². The number of hydrogen-bond acceptors (Lipinski definition) is 31. The highest BCUT2D eigenvalue weighted by molar-refractivity contribution is 5.71. The number of nitrogens with zero attached hydrogens (tertiary/aromatic N) is 2. The number of esters is 3. The van der Waals surface area contributed by atoms with Crippen molar-refractivity contribution in [2.24, 2.45) is 29.6 Å². The number of carbonyl (C=O) groups excluding carboxylic acids is 5. The molecule has 33 nitrogen and oxygen atoms in total. The highest BCUT2D eigenvalue weighted by Crippen LogP contribution is 2.66. The highest BCUT2D eigenvalue weighted by Gasteiger charge is 2.78. The molecule has 5 spiro atoms. The van der Waals surface area contributed by atoms with Crippen LogP contribution in [0.4, 0.5) is 9.59 Å². The van der Waals surface area contributed by atoms with Crippen molar-refractivity contribution in [3.05, 3.63) is 58.2 Å². The Labute approximate surface area is 869 Å². The van der Waals surface area contributed by atoms with Crippen LogP contribution < -0.4 is 0 Å². The van der Waals surface area contributed by atoms with Crippen LogP contribution in [0.1, 0.15) is 299 Å². The van der Waals surface area contributed by atoms with Gasteiger partial charge in [-0.15, -0.1) is 0 Å². The molecule has 12 heterocycles. The first kappa shape index (κ1) is 118. The van der Waals surface area contributed by atoms with Gasteiger partial charge in [0.05, 0.1) is 135 Å². The minimum atomic E-state index is -0.954. The third-order valence-electron chi connectivity index (χ3n) is 34.8. The van der Waals surface area contributed by atoms with Gasteiger partial charge in [0, 0.05) is 95.3 Å². The van der Waals surface area contributed by atoms with Crippen molar-refractivity contribution >= 4 is 30.1 Å². The largest absolute Gasteiger partial charge is 0.460 e. The van der Waals surface area contributed by atoms with E-state index in [-0.39, 0.29) is 225 Å². The lowest BCUT2D eigenvalue weighted by Gasteiger charge is -2.43. The summed E-state index contributed by atoms with van der Waals surface area (Å²) in [5, 5.41) is 30.0. The first-order valence-electron chi connectivity index (χ1n) is 54.4. The van der Waals surface area contributed by atoms with E-state index in [2.05, 4.69) is 134 Å². The third kappa shape index (κ3) is 28.2. The van der Waals surface area contributed by atoms with Crippen LogP contribution in [0.5, 0.6) is 0 Å². The normalized spacial score (nSPS) is 40.3. The summed E-state index contributed by atoms with van der Waals surface area (Å²) in [7, 11) is 11.7. The fourth-order valence-corrected chi connectivity index (χ4v) is 25.5. The van der Waals surface area contributed by atoms with Gasteiger partial charge in [0.15, 0.2) is 0 Å². The second-order valence-corrected chi connectivity index (χ2v) is 48.7. The Hall–Kier alpha value is -5.19. The average molecular weight is 2070 g/mol. The number of aliphatic hydroxyl groups is 3. The Morgan fingerprint density at radius 3 is 0.932 bits per heavy atom. The number of rotatable bonds is 40. The van der Waals surface area contributed by atoms with Crippen molar-refractivity contribution in [3.8, 4) is 0 Å². The van der Waals surface area contributed by atoms with Gasteiger partial charge >= 0.3 is 30.1 Å². The van der Waals surface area contributed by atoms with Crippen LogP contribution in [-0.4, -0.2) is 354 Å². The Morgan fingerprint density at radius 1 is 0.377 bits per heavy atom. The van der Waals surface area contributed by atoms with E-state index < -0.39 is 17.3 Å². The molecule has 0 aromatic rings. The predicted octanol–water partition coefficient (Wildman–Crippen LogP) is 15.7. The van der Waals surface area contributed by atoms with Gasteiger partial charge in [-0.05, 0) is 280 Å². The van der Waals surface area contributed by atoms with Gasteiger partial charge in [0.25, 0.3) is 0 Å². The summed E-state index contributed by atoms with van der Waals surface area (Å²) in [6.45, 7) is 49.2. The summed E-state index contributed by atoms with van der Waals surface area (Å²) in [6, 6.07) is -0.226. The van der Waals surface area contributed by atoms with Gasteiger partial charge in [0.1, 0.15) is 117 Å². The lowest BCUT2D eigenvalue weighted by atomic mass is 9.68. The summed E-state index contributed by atoms with van der Waals surface area (Å²) < 4.78 is 136. The van der Waals surface area contributed by atoms with E-state index in [1.54, 1.807) is 87.3 Å². The number of ether oxygens (including phenoxy) is 23. The maximum absolute atomic E-state index is 13.1. The van der Waals surface area contributed by atoms with Crippen LogP contribution in [0.25, 0.3) is 0 Å². The van der Waals surface area contributed by atoms with Gasteiger partial charge in [0.2, 0.25) is 0 Å². The van der Waals surface area contributed by atoms with E-state index in [0.29, 0.717) is 111 Å². The van der Waals surface area contributed by atoms with E-state index in [4.69, 9.17) is 109 Å². The van der Waals surface area contributed by atoms with Crippen molar-refractivity contribution in [2.75, 3.05) is 122 Å². The molecule has 832 valence electrons. The SMILES string of the molecule is COCCOCCCC(=O)O[C@@H]1CCC2(CO2)[C@@H]([C@@]2(C)O[C@@H]2CC=C(C)C)[C@@H]1OC.CO[C@@H]1[C@H](OC(=O)CCC(C)(C)O)CCC2(CO2)[C@H]1[C@@]1(C)O[C@@H]1CC=C(C)C.CO[C@@H]1[C@H](OC(=O)CCC(C)(C)OC)CCC2(CO2)[C@H]1[C@@]1(C)O[C@@H]1CC=C(C)C.CO[C@@H]1[C@H](OC(=O)N2CCC(O)C2)CCC2(CO2)[C@H]1[C@@]1(C)O[C@@H]1CC=C(C)C.CO[C@@H]1[C@H](OC(=O)N2CCCC2C(C)(C)O)CCC2(CO2)[C@H]1[C@@]1(C)O[C@@H]1CC=C(C)C. The number of allylic oxidation sites excluding steroid dienone is 5. The summed E-state index contributed by atoms with van der Waals surface area (Å²) >= 11 is 0. The molecule has 146 heavy (non-hydrogen) atoms. The molecule has 17 aliphatic rings. The number of methoxy groups -OCH3 is 7. The maximum Gasteiger partial charge on any atom is 0.410 e. The maximum atomic E-state index is 13.1. The monoisotopic (exact) mass is 2070 g/mol. The topological polar surface area (TPSA) is 398 Å². The second-order valence-electron chi connectivity index (χ2n) is 48.7. The Bertz CT molecular complexity index is 4510. The molecular weight excluding hydrogens is 1880 g/mol. The zero-order valence-corrected chi connectivity index (χ0v) is 93.5. The van der Waals surface area contributed by atoms with Crippen molar-refractivity contribution < 1.29 is 148 Å². The molecule has 12 aliphatic heterocycles. The van der Waals surface area contributed by atoms with Crippen molar-refractivity contribution in [1.82, 2.24) is 9.80 Å². The molecule has 17 rings (SSSR count). The lowest BCUT2D eigenvalue weighted by molar-refractivity contribution is -0.173. The predicted molar refractivity (Wildman–Crippen MR) is 544 cm³/mol. The van der Waals surface area contributed by atoms with Crippen LogP contribution in [0.15, 0.2) is 58.2 Å². The number of aliphatic hydroxyl groups excluding tert-OH is 1. The molecule has 0 aromatic carbocycles. The molecule has 12 saturated heterocycles. The van der Waals surface area contributed by atoms with Crippen LogP contribution in [0, 0.1) is 29.6 Å². The number of epoxide rings is 10. The van der Waals surface area contributed by atoms with Crippen molar-refractivity contribution in [2.45, 2.75) is 476 Å². The van der Waals surface area contributed by atoms with Gasteiger partial charge in [-0.2, -0.15) is 0 Å². The Kier molecular flexibility index (Phi) is 38.5. The smallest absolute Gasteiger partial charge is 0.410 e. The molecule has 7 unspecified atom stereocenters. The molecule has 5 saturated carbocycles. The number of hydrogen-bond donors (Lipinski definition) is 3. The van der Waals surface area contributed by atoms with E-state index in [1.807, 2.05) is 13.8 Å². The Morgan fingerprint density at radius 2 is 0.671 bits per heavy atom. The van der Waals surface area contributed by atoms with E-state index in [9.17, 15) is 39.3 Å². The molecule has 33 heteroatoms. The minimum absolute atomic E-state index is 0.00997. The summed E-state index contributed by atoms with van der Waals surface area (Å²) in [5.74, 6) is -0.521. The fraction of sp³-hybridized carbons (Fsp3) is 0.867. The minimum Gasteiger partial charge on any atom is -0.460 e. The van der Waals surface area contributed by atoms with Crippen molar-refractivity contribution in [1.29, 1.82) is 0 Å². The van der Waals surface area contributed by atoms with Crippen LogP contribution in [-0.2, 0) is 123 Å². The second kappa shape index (κ2) is 47.6. The number of carbonyl (C=O) groups is 5. The van der Waals surface area contributed by atoms with Gasteiger partial charge in [-0.3, -0.25) is 14.4 Å². The molecule has 3 N–H and O–H groups in total. The van der Waals surface area contributed by atoms with Crippen LogP contribution in [0.3, 0.4) is 0 Å². The molecule has 2 amide bonds. The van der Waals surface area contributed by atoms with Crippen molar-refractivity contribution in [3.63, 3.8) is 0 Å². The molecule has 0 aromatic heterocycles. The zero-order valence-electron chi connectivity index (χ0n) is 93.5. The quantitative estimate of drug-likeness (QED) is 0.0169. The fourth-order valence-electron chi connectivity index (χ4n) is 25.5. The van der Waals surface area contributed by atoms with E-state index in [0.717, 1.165) is 110 Å². The van der Waals surface area contributed by atoms with Crippen LogP contribution >= 0.6 is 0 Å². The molecule has 0 bridgehead atoms. The summed E-state index contributed by atoms with van der Waals surface area (Å²) in [5.41, 5.74) is 1.52. The average Bonchev–Trinajstić information content (AvgIpc) is 1.56. The molecule has 5 aliphatic carbocycles. The summed E-state index contributed by atoms with van der Waals surface area (Å²) in [6.07, 6.45) is 24.8. The van der Waals surface area contributed by atoms with Gasteiger partial charge < -0.3 is 134 Å². The molecular formula is C113H184N2O31. The zero-order chi connectivity index (χ0) is 107. The molecule has 0 radical (unpaired) electrons. The van der Waals surface area contributed by atoms with Crippen LogP contribution in [0.2, 0.25) is 0 Å². The molecule has 17 fully saturated rings. The lowest BCUT2D eigenvalue weighted by Crippen LogP contribution is -2.57. The Balaban J connectivity index is 0.000000153. The van der Waals surface area contributed by atoms with Gasteiger partial charge in [-0.25, -0.2) is 9.59 Å². The summed E-state index contributed by atoms with van der Waals surface area (Å²) in [4.78, 5) is 66.2. The standard InChI is InChI=1S/C24H39NO6.C23H38O7.C23H38O6.C22H36O6.C21H33NO6/c1-15(2)9-10-18-23(5,31-18)20-19(28-6)16(11-12-24(20)14-29-24)30-21(26)25-13-7-8-17(25)22(3,4)27;1-16(2)8-9-18-22(3,30-18)21-20(26-5)17(10-11-23(21)15-28-23)29-19(24)7-6-12-27-14-13-25-4;1-15(2)8-9-17-22(5,29-17)20-19(25-6)16(10-13-23(20)14-27-23)28-18(24)11-12-21(3,4)26-7;1-14(2)7-8-16-21(5,28-16)19-18(25-6)15(9-12-22(19)13-26-22)27-17(23)10-11-20(3,4)24;1-13(2)5-6-16-20(3,28-16)18-17(25-4)15(7-9-21(18)12-26-21)27-19(24)22-10-8-14(23)11-22/h9,16-20,27H,7-8,10-14H2,1-6H3;8,17-18,20-21H,6-7,9-15H2,1-5H3;8,16-17,19-20H,9-14H2,1-7H3;7,15-16,18-19,24H,8-13H2,1-6H3;5,14-18,23H,6-12H2,1-4H3/t16-,17?,18-,19-,20-,23+,24?;17-,18-,20-,21-,22+,23?;16-,17-,19-,20-,22+,23?;15-,16-,18-,19-,21+,22?;14?,15-,16-,17-,18-,20+,21?/m11111/s1. The highest BCUT2D eigenvalue weighted by atomic mass is 16.7. The first-order valence-corrected chi connectivity index (χ1v) is 54.4. The van der Waals surface area contributed by atoms with Gasteiger partial charge in [-0.1, -0.05) is 58.2 Å².